The van der Waals surface area contributed by atoms with E-state index < -0.39 is 0 Å². The van der Waals surface area contributed by atoms with Gasteiger partial charge in [-0.1, -0.05) is 6.07 Å². The molecule has 3 heterocycles. The number of aliphatic hydroxyl groups excluding tert-OH is 1. The van der Waals surface area contributed by atoms with E-state index in [-0.39, 0.29) is 6.61 Å². The van der Waals surface area contributed by atoms with Gasteiger partial charge in [0.2, 0.25) is 0 Å². The van der Waals surface area contributed by atoms with E-state index in [1.165, 1.54) is 0 Å². The molecule has 0 aliphatic carbocycles. The number of fused-ring (bicyclic) bond motifs is 1. The second-order valence-corrected chi connectivity index (χ2v) is 5.15. The molecule has 5 nitrogen and oxygen atoms in total. The van der Waals surface area contributed by atoms with Gasteiger partial charge in [0.25, 0.3) is 0 Å². The molecule has 2 aromatic heterocycles. The molecule has 102 valence electrons. The first kappa shape index (κ1) is 12.4. The maximum atomic E-state index is 9.35. The summed E-state index contributed by atoms with van der Waals surface area (Å²) in [6.45, 7) is 2.59. The summed E-state index contributed by atoms with van der Waals surface area (Å²) >= 11 is 0. The summed E-state index contributed by atoms with van der Waals surface area (Å²) in [7, 11) is 0. The van der Waals surface area contributed by atoms with Crippen LogP contribution in [0.1, 0.15) is 18.5 Å². The highest BCUT2D eigenvalue weighted by molar-refractivity contribution is 5.56. The molecule has 3 N–H and O–H groups in total. The van der Waals surface area contributed by atoms with E-state index in [0.717, 1.165) is 43.1 Å². The Bertz CT molecular complexity index is 566. The first-order valence-electron chi connectivity index (χ1n) is 6.85. The van der Waals surface area contributed by atoms with Crippen LogP contribution in [0.3, 0.4) is 0 Å². The van der Waals surface area contributed by atoms with Crippen molar-refractivity contribution in [1.82, 2.24) is 9.38 Å². The van der Waals surface area contributed by atoms with Crippen LogP contribution in [0, 0.1) is 5.92 Å². The molecule has 1 unspecified atom stereocenters. The van der Waals surface area contributed by atoms with E-state index in [0.29, 0.717) is 12.5 Å². The lowest BCUT2D eigenvalue weighted by Gasteiger charge is -2.32. The van der Waals surface area contributed by atoms with Crippen molar-refractivity contribution >= 4 is 11.5 Å². The van der Waals surface area contributed by atoms with Gasteiger partial charge in [-0.2, -0.15) is 0 Å². The maximum absolute atomic E-state index is 9.35. The molecule has 0 saturated carbocycles. The molecule has 3 rings (SSSR count). The van der Waals surface area contributed by atoms with E-state index in [1.807, 2.05) is 24.4 Å². The fraction of sp³-hybridized carbons (Fsp3) is 0.500. The van der Waals surface area contributed by atoms with Gasteiger partial charge < -0.3 is 20.1 Å². The first-order valence-corrected chi connectivity index (χ1v) is 6.85. The number of anilines is 1. The van der Waals surface area contributed by atoms with Crippen molar-refractivity contribution in [1.29, 1.82) is 0 Å². The molecule has 0 radical (unpaired) electrons. The minimum absolute atomic E-state index is 0.252. The van der Waals surface area contributed by atoms with Crippen molar-refractivity contribution in [3.63, 3.8) is 0 Å². The van der Waals surface area contributed by atoms with Crippen LogP contribution in [0.5, 0.6) is 0 Å². The number of imidazole rings is 1. The molecule has 0 aromatic carbocycles. The smallest absolute Gasteiger partial charge is 0.152 e. The minimum Gasteiger partial charge on any atom is -0.396 e. The summed E-state index contributed by atoms with van der Waals surface area (Å²) in [5.41, 5.74) is 7.88. The third-order valence-corrected chi connectivity index (χ3v) is 3.88. The second-order valence-electron chi connectivity index (χ2n) is 5.15. The lowest BCUT2D eigenvalue weighted by atomic mass is 9.99. The number of rotatable bonds is 3. The minimum atomic E-state index is 0.252. The molecular weight excluding hydrogens is 240 g/mol. The SMILES string of the molecule is NCc1c(N2CCCC(CO)C2)nc2ccccn12. The zero-order valence-corrected chi connectivity index (χ0v) is 11.0. The number of hydrogen-bond acceptors (Lipinski definition) is 4. The number of nitrogens with two attached hydrogens (primary N) is 1. The molecule has 1 aliphatic heterocycles. The number of pyridine rings is 1. The van der Waals surface area contributed by atoms with E-state index in [2.05, 4.69) is 9.30 Å². The quantitative estimate of drug-likeness (QED) is 0.864. The van der Waals surface area contributed by atoms with Gasteiger partial charge in [0.15, 0.2) is 5.82 Å². The van der Waals surface area contributed by atoms with Crippen LogP contribution in [0.15, 0.2) is 24.4 Å². The number of aromatic nitrogens is 2. The molecule has 0 bridgehead atoms. The Balaban J connectivity index is 1.99. The fourth-order valence-corrected chi connectivity index (χ4v) is 2.88. The Labute approximate surface area is 112 Å². The van der Waals surface area contributed by atoms with Gasteiger partial charge in [0.1, 0.15) is 5.65 Å². The lowest BCUT2D eigenvalue weighted by molar-refractivity contribution is 0.208. The summed E-state index contributed by atoms with van der Waals surface area (Å²) in [6, 6.07) is 5.97. The lowest BCUT2D eigenvalue weighted by Crippen LogP contribution is -2.37. The van der Waals surface area contributed by atoms with Crippen molar-refractivity contribution < 1.29 is 5.11 Å². The summed E-state index contributed by atoms with van der Waals surface area (Å²) in [4.78, 5) is 6.97. The highest BCUT2D eigenvalue weighted by atomic mass is 16.3. The van der Waals surface area contributed by atoms with Crippen LogP contribution in [-0.2, 0) is 6.54 Å². The fourth-order valence-electron chi connectivity index (χ4n) is 2.88. The van der Waals surface area contributed by atoms with Crippen molar-refractivity contribution in [2.75, 3.05) is 24.6 Å². The predicted octanol–water partition coefficient (Wildman–Crippen LogP) is 1.00. The van der Waals surface area contributed by atoms with E-state index >= 15 is 0 Å². The van der Waals surface area contributed by atoms with Gasteiger partial charge in [-0.15, -0.1) is 0 Å². The molecule has 0 amide bonds. The molecule has 5 heteroatoms. The van der Waals surface area contributed by atoms with Crippen LogP contribution in [0.4, 0.5) is 5.82 Å². The third kappa shape index (κ3) is 2.19. The molecule has 19 heavy (non-hydrogen) atoms. The van der Waals surface area contributed by atoms with Gasteiger partial charge in [0, 0.05) is 32.4 Å². The van der Waals surface area contributed by atoms with E-state index in [4.69, 9.17) is 10.7 Å². The Kier molecular flexibility index (Phi) is 3.40. The molecule has 0 spiro atoms. The average Bonchev–Trinajstić information content (AvgIpc) is 2.86. The predicted molar refractivity (Wildman–Crippen MR) is 75.1 cm³/mol. The van der Waals surface area contributed by atoms with Crippen LogP contribution >= 0.6 is 0 Å². The van der Waals surface area contributed by atoms with Gasteiger partial charge >= 0.3 is 0 Å². The molecule has 2 aromatic rings. The normalized spacial score (nSPS) is 20.1. The highest BCUT2D eigenvalue weighted by Gasteiger charge is 2.23. The zero-order valence-electron chi connectivity index (χ0n) is 11.0. The van der Waals surface area contributed by atoms with Crippen LogP contribution in [0.2, 0.25) is 0 Å². The van der Waals surface area contributed by atoms with Crippen molar-refractivity contribution in [3.05, 3.63) is 30.1 Å². The second kappa shape index (κ2) is 5.19. The molecule has 1 aliphatic rings. The van der Waals surface area contributed by atoms with Crippen molar-refractivity contribution in [2.24, 2.45) is 11.7 Å². The molecule has 1 atom stereocenters. The zero-order chi connectivity index (χ0) is 13.2. The van der Waals surface area contributed by atoms with Gasteiger partial charge in [-0.05, 0) is 30.9 Å². The third-order valence-electron chi connectivity index (χ3n) is 3.88. The Morgan fingerprint density at radius 3 is 3.11 bits per heavy atom. The highest BCUT2D eigenvalue weighted by Crippen LogP contribution is 2.26. The van der Waals surface area contributed by atoms with Crippen molar-refractivity contribution in [2.45, 2.75) is 19.4 Å². The summed E-state index contributed by atoms with van der Waals surface area (Å²) in [5, 5.41) is 9.35. The Morgan fingerprint density at radius 1 is 1.42 bits per heavy atom. The molecule has 1 saturated heterocycles. The Morgan fingerprint density at radius 2 is 2.32 bits per heavy atom. The topological polar surface area (TPSA) is 66.8 Å². The number of hydrogen-bond donors (Lipinski definition) is 2. The summed E-state index contributed by atoms with van der Waals surface area (Å²) in [5.74, 6) is 1.33. The number of nitrogens with zero attached hydrogens (tertiary/aromatic N) is 3. The largest absolute Gasteiger partial charge is 0.396 e. The van der Waals surface area contributed by atoms with E-state index in [1.54, 1.807) is 0 Å². The molecular formula is C14H20N4O. The standard InChI is InChI=1S/C14H20N4O/c15-8-12-14(16-13-5-1-2-7-18(12)13)17-6-3-4-11(9-17)10-19/h1-2,5,7,11,19H,3-4,6,8-10,15H2. The summed E-state index contributed by atoms with van der Waals surface area (Å²) in [6.07, 6.45) is 4.20. The van der Waals surface area contributed by atoms with Gasteiger partial charge in [-0.3, -0.25) is 0 Å². The monoisotopic (exact) mass is 260 g/mol. The number of aliphatic hydroxyl groups is 1. The Hall–Kier alpha value is -1.59. The summed E-state index contributed by atoms with van der Waals surface area (Å²) < 4.78 is 2.05. The number of piperidine rings is 1. The maximum Gasteiger partial charge on any atom is 0.152 e. The van der Waals surface area contributed by atoms with Crippen LogP contribution in [-0.4, -0.2) is 34.2 Å². The van der Waals surface area contributed by atoms with Gasteiger partial charge in [0.05, 0.1) is 5.69 Å². The van der Waals surface area contributed by atoms with Crippen molar-refractivity contribution in [3.8, 4) is 0 Å². The van der Waals surface area contributed by atoms with Crippen LogP contribution in [0.25, 0.3) is 5.65 Å². The van der Waals surface area contributed by atoms with Gasteiger partial charge in [-0.25, -0.2) is 4.98 Å². The molecule has 1 fully saturated rings. The van der Waals surface area contributed by atoms with Crippen LogP contribution < -0.4 is 10.6 Å². The average molecular weight is 260 g/mol. The van der Waals surface area contributed by atoms with E-state index in [9.17, 15) is 5.11 Å². The first-order chi connectivity index (χ1) is 9.33.